The number of hydrogen-bond donors (Lipinski definition) is 1. The molecule has 0 radical (unpaired) electrons. The van der Waals surface area contributed by atoms with Crippen LogP contribution < -0.4 is 5.32 Å². The van der Waals surface area contributed by atoms with Gasteiger partial charge in [-0.05, 0) is 31.6 Å². The van der Waals surface area contributed by atoms with Crippen LogP contribution in [0.25, 0.3) is 0 Å². The minimum atomic E-state index is -0.576. The average Bonchev–Trinajstić information content (AvgIpc) is 2.90. The van der Waals surface area contributed by atoms with E-state index in [1.165, 1.54) is 0 Å². The minimum Gasteiger partial charge on any atom is -0.340 e. The molecule has 2 amide bonds. The molecule has 1 aliphatic heterocycles. The van der Waals surface area contributed by atoms with E-state index < -0.39 is 5.54 Å². The third kappa shape index (κ3) is 3.24. The van der Waals surface area contributed by atoms with Gasteiger partial charge in [0.05, 0.1) is 0 Å². The number of nitrogens with one attached hydrogen (secondary N) is 1. The molecule has 2 aliphatic rings. The van der Waals surface area contributed by atoms with E-state index in [0.717, 1.165) is 57.9 Å². The molecule has 1 aliphatic carbocycles. The zero-order valence-electron chi connectivity index (χ0n) is 13.8. The van der Waals surface area contributed by atoms with Gasteiger partial charge in [-0.2, -0.15) is 0 Å². The largest absolute Gasteiger partial charge is 0.340 e. The number of rotatable bonds is 6. The Morgan fingerprint density at radius 2 is 1.90 bits per heavy atom. The van der Waals surface area contributed by atoms with Crippen molar-refractivity contribution in [3.8, 4) is 0 Å². The van der Waals surface area contributed by atoms with E-state index in [9.17, 15) is 9.59 Å². The lowest BCUT2D eigenvalue weighted by Crippen LogP contribution is -2.69. The van der Waals surface area contributed by atoms with Gasteiger partial charge in [0.15, 0.2) is 0 Å². The van der Waals surface area contributed by atoms with E-state index in [0.29, 0.717) is 5.92 Å². The number of hydrogen-bond acceptors (Lipinski definition) is 2. The minimum absolute atomic E-state index is 0.0713. The monoisotopic (exact) mass is 294 g/mol. The molecule has 0 aromatic rings. The fourth-order valence-electron chi connectivity index (χ4n) is 3.94. The fourth-order valence-corrected chi connectivity index (χ4v) is 3.94. The first-order valence-electron chi connectivity index (χ1n) is 8.67. The lowest BCUT2D eigenvalue weighted by molar-refractivity contribution is -0.155. The summed E-state index contributed by atoms with van der Waals surface area (Å²) in [5, 5.41) is 3.08. The first-order chi connectivity index (χ1) is 10.0. The van der Waals surface area contributed by atoms with Gasteiger partial charge in [0.1, 0.15) is 11.6 Å². The van der Waals surface area contributed by atoms with Crippen LogP contribution >= 0.6 is 0 Å². The summed E-state index contributed by atoms with van der Waals surface area (Å²) in [6.07, 6.45) is 7.65. The van der Waals surface area contributed by atoms with Crippen molar-refractivity contribution >= 4 is 11.8 Å². The van der Waals surface area contributed by atoms with E-state index in [1.807, 2.05) is 4.90 Å². The van der Waals surface area contributed by atoms with E-state index in [-0.39, 0.29) is 17.9 Å². The molecule has 1 saturated heterocycles. The number of amides is 2. The number of piperazine rings is 1. The van der Waals surface area contributed by atoms with Gasteiger partial charge in [0, 0.05) is 6.54 Å². The van der Waals surface area contributed by atoms with Gasteiger partial charge in [-0.15, -0.1) is 0 Å². The van der Waals surface area contributed by atoms with Crippen LogP contribution in [0.3, 0.4) is 0 Å². The number of nitrogens with zero attached hydrogens (tertiary/aromatic N) is 1. The molecular formula is C17H30N2O2. The molecule has 2 fully saturated rings. The Balaban J connectivity index is 2.19. The van der Waals surface area contributed by atoms with E-state index in [4.69, 9.17) is 0 Å². The Bertz CT molecular complexity index is 388. The Morgan fingerprint density at radius 1 is 1.24 bits per heavy atom. The van der Waals surface area contributed by atoms with Crippen molar-refractivity contribution in [2.24, 2.45) is 5.92 Å². The summed E-state index contributed by atoms with van der Waals surface area (Å²) < 4.78 is 0. The number of carbonyl (C=O) groups excluding carboxylic acids is 2. The first-order valence-corrected chi connectivity index (χ1v) is 8.67. The summed E-state index contributed by atoms with van der Waals surface area (Å²) >= 11 is 0. The Hall–Kier alpha value is -1.06. The quantitative estimate of drug-likeness (QED) is 0.819. The predicted molar refractivity (Wildman–Crippen MR) is 83.8 cm³/mol. The van der Waals surface area contributed by atoms with Gasteiger partial charge in [0.25, 0.3) is 0 Å². The SMILES string of the molecule is CCCC(C)CN1C(=O)C2(CCCC2)NC(=O)C1CCC. The molecule has 4 nitrogen and oxygen atoms in total. The maximum absolute atomic E-state index is 13.0. The van der Waals surface area contributed by atoms with Crippen molar-refractivity contribution in [2.75, 3.05) is 6.54 Å². The molecule has 4 heteroatoms. The van der Waals surface area contributed by atoms with Gasteiger partial charge >= 0.3 is 0 Å². The molecular weight excluding hydrogens is 264 g/mol. The summed E-state index contributed by atoms with van der Waals surface area (Å²) in [4.78, 5) is 27.5. The van der Waals surface area contributed by atoms with Crippen LogP contribution in [-0.2, 0) is 9.59 Å². The third-order valence-corrected chi connectivity index (χ3v) is 5.02. The van der Waals surface area contributed by atoms with Crippen molar-refractivity contribution in [3.63, 3.8) is 0 Å². The van der Waals surface area contributed by atoms with Crippen LogP contribution in [0.1, 0.15) is 72.1 Å². The Morgan fingerprint density at radius 3 is 2.48 bits per heavy atom. The highest BCUT2D eigenvalue weighted by Crippen LogP contribution is 2.35. The first kappa shape index (κ1) is 16.3. The number of carbonyl (C=O) groups is 2. The third-order valence-electron chi connectivity index (χ3n) is 5.02. The second kappa shape index (κ2) is 6.80. The second-order valence-corrected chi connectivity index (χ2v) is 6.93. The van der Waals surface area contributed by atoms with Crippen molar-refractivity contribution in [3.05, 3.63) is 0 Å². The molecule has 2 rings (SSSR count). The molecule has 2 unspecified atom stereocenters. The summed E-state index contributed by atoms with van der Waals surface area (Å²) in [5.41, 5.74) is -0.576. The van der Waals surface area contributed by atoms with Crippen LogP contribution in [-0.4, -0.2) is 34.8 Å². The summed E-state index contributed by atoms with van der Waals surface area (Å²) in [6, 6.07) is -0.256. The van der Waals surface area contributed by atoms with Gasteiger partial charge in [-0.3, -0.25) is 9.59 Å². The zero-order chi connectivity index (χ0) is 15.5. The Kier molecular flexibility index (Phi) is 5.28. The van der Waals surface area contributed by atoms with E-state index in [2.05, 4.69) is 26.1 Å². The van der Waals surface area contributed by atoms with Crippen LogP contribution in [0, 0.1) is 5.92 Å². The molecule has 21 heavy (non-hydrogen) atoms. The molecule has 1 heterocycles. The van der Waals surface area contributed by atoms with Crippen LogP contribution in [0.4, 0.5) is 0 Å². The van der Waals surface area contributed by atoms with Gasteiger partial charge in [-0.25, -0.2) is 0 Å². The van der Waals surface area contributed by atoms with Gasteiger partial charge < -0.3 is 10.2 Å². The molecule has 120 valence electrons. The lowest BCUT2D eigenvalue weighted by Gasteiger charge is -2.45. The highest BCUT2D eigenvalue weighted by molar-refractivity contribution is 6.00. The predicted octanol–water partition coefficient (Wildman–Crippen LogP) is 2.86. The summed E-state index contributed by atoms with van der Waals surface area (Å²) in [5.74, 6) is 0.714. The van der Waals surface area contributed by atoms with Crippen molar-refractivity contribution in [1.29, 1.82) is 0 Å². The maximum Gasteiger partial charge on any atom is 0.249 e. The van der Waals surface area contributed by atoms with Gasteiger partial charge in [-0.1, -0.05) is 46.5 Å². The highest BCUT2D eigenvalue weighted by atomic mass is 16.2. The standard InChI is InChI=1S/C17H30N2O2/c1-4-8-13(3)12-19-14(9-5-2)15(20)18-17(16(19)21)10-6-7-11-17/h13-14H,4-12H2,1-3H3,(H,18,20). The van der Waals surface area contributed by atoms with Crippen LogP contribution in [0.2, 0.25) is 0 Å². The summed E-state index contributed by atoms with van der Waals surface area (Å²) in [6.45, 7) is 7.16. The molecule has 1 saturated carbocycles. The highest BCUT2D eigenvalue weighted by Gasteiger charge is 2.51. The van der Waals surface area contributed by atoms with Crippen molar-refractivity contribution in [2.45, 2.75) is 83.7 Å². The van der Waals surface area contributed by atoms with Crippen molar-refractivity contribution < 1.29 is 9.59 Å². The fraction of sp³-hybridized carbons (Fsp3) is 0.882. The smallest absolute Gasteiger partial charge is 0.249 e. The second-order valence-electron chi connectivity index (χ2n) is 6.93. The molecule has 0 aromatic heterocycles. The van der Waals surface area contributed by atoms with Crippen LogP contribution in [0.5, 0.6) is 0 Å². The van der Waals surface area contributed by atoms with Crippen LogP contribution in [0.15, 0.2) is 0 Å². The molecule has 0 aromatic carbocycles. The topological polar surface area (TPSA) is 49.4 Å². The molecule has 0 bridgehead atoms. The molecule has 1 N–H and O–H groups in total. The summed E-state index contributed by atoms with van der Waals surface area (Å²) in [7, 11) is 0. The molecule has 1 spiro atoms. The van der Waals surface area contributed by atoms with Gasteiger partial charge in [0.2, 0.25) is 11.8 Å². The zero-order valence-corrected chi connectivity index (χ0v) is 13.8. The average molecular weight is 294 g/mol. The maximum atomic E-state index is 13.0. The molecule has 2 atom stereocenters. The van der Waals surface area contributed by atoms with E-state index >= 15 is 0 Å². The van der Waals surface area contributed by atoms with E-state index in [1.54, 1.807) is 0 Å². The van der Waals surface area contributed by atoms with Crippen molar-refractivity contribution in [1.82, 2.24) is 10.2 Å². The normalized spacial score (nSPS) is 26.2. The Labute approximate surface area is 128 Å². The lowest BCUT2D eigenvalue weighted by atomic mass is 9.88.